The summed E-state index contributed by atoms with van der Waals surface area (Å²) >= 11 is 0. The van der Waals surface area contributed by atoms with Crippen molar-refractivity contribution < 1.29 is 24.5 Å². The molecule has 0 bridgehead atoms. The lowest BCUT2D eigenvalue weighted by molar-refractivity contribution is -0.267. The topological polar surface area (TPSA) is 80.5 Å². The van der Waals surface area contributed by atoms with Crippen LogP contribution in [0.2, 0.25) is 0 Å². The molecule has 0 radical (unpaired) electrons. The zero-order chi connectivity index (χ0) is 12.4. The summed E-state index contributed by atoms with van der Waals surface area (Å²) < 4.78 is 10.4. The zero-order valence-electron chi connectivity index (χ0n) is 10.0. The Hall–Kier alpha value is -0.690. The summed E-state index contributed by atoms with van der Waals surface area (Å²) in [6.45, 7) is 3.32. The number of oxime groups is 1. The Balaban J connectivity index is 4.37. The molecule has 0 unspecified atom stereocenters. The Labute approximate surface area is 95.8 Å². The predicted molar refractivity (Wildman–Crippen MR) is 59.2 cm³/mol. The second-order valence-corrected chi connectivity index (χ2v) is 3.17. The SMILES string of the molecule is CCO/N=C/[C@@H](CC)OC(CO)(CO)OC. The van der Waals surface area contributed by atoms with Gasteiger partial charge in [-0.25, -0.2) is 0 Å². The fourth-order valence-corrected chi connectivity index (χ4v) is 0.982. The Morgan fingerprint density at radius 1 is 1.31 bits per heavy atom. The summed E-state index contributed by atoms with van der Waals surface area (Å²) in [6, 6.07) is 0. The van der Waals surface area contributed by atoms with E-state index in [1.807, 2.05) is 13.8 Å². The summed E-state index contributed by atoms with van der Waals surface area (Å²) in [5.41, 5.74) is 0. The molecule has 1 atom stereocenters. The average molecular weight is 235 g/mol. The van der Waals surface area contributed by atoms with Crippen molar-refractivity contribution in [2.75, 3.05) is 26.9 Å². The van der Waals surface area contributed by atoms with Crippen molar-refractivity contribution in [3.8, 4) is 0 Å². The molecule has 96 valence electrons. The highest BCUT2D eigenvalue weighted by Crippen LogP contribution is 2.14. The third-order valence-electron chi connectivity index (χ3n) is 2.05. The summed E-state index contributed by atoms with van der Waals surface area (Å²) in [7, 11) is 1.36. The van der Waals surface area contributed by atoms with Gasteiger partial charge in [0.05, 0.1) is 25.5 Å². The van der Waals surface area contributed by atoms with E-state index in [9.17, 15) is 0 Å². The first-order chi connectivity index (χ1) is 7.67. The van der Waals surface area contributed by atoms with Crippen LogP contribution in [0.25, 0.3) is 0 Å². The molecule has 0 aromatic carbocycles. The molecule has 0 fully saturated rings. The van der Waals surface area contributed by atoms with E-state index in [1.54, 1.807) is 0 Å². The van der Waals surface area contributed by atoms with Gasteiger partial charge in [-0.3, -0.25) is 0 Å². The van der Waals surface area contributed by atoms with E-state index in [0.717, 1.165) is 0 Å². The van der Waals surface area contributed by atoms with Gasteiger partial charge in [0.15, 0.2) is 0 Å². The van der Waals surface area contributed by atoms with Crippen molar-refractivity contribution in [3.63, 3.8) is 0 Å². The number of rotatable bonds is 9. The molecule has 0 aliphatic rings. The second kappa shape index (κ2) is 8.46. The maximum Gasteiger partial charge on any atom is 0.215 e. The Morgan fingerprint density at radius 2 is 1.94 bits per heavy atom. The van der Waals surface area contributed by atoms with Gasteiger partial charge >= 0.3 is 0 Å². The number of nitrogens with zero attached hydrogens (tertiary/aromatic N) is 1. The third-order valence-corrected chi connectivity index (χ3v) is 2.05. The van der Waals surface area contributed by atoms with Gasteiger partial charge < -0.3 is 24.5 Å². The monoisotopic (exact) mass is 235 g/mol. The van der Waals surface area contributed by atoms with E-state index in [-0.39, 0.29) is 6.10 Å². The molecule has 6 heteroatoms. The van der Waals surface area contributed by atoms with Crippen LogP contribution >= 0.6 is 0 Å². The highest BCUT2D eigenvalue weighted by molar-refractivity contribution is 5.62. The van der Waals surface area contributed by atoms with Gasteiger partial charge in [-0.2, -0.15) is 0 Å². The molecular formula is C10H21NO5. The molecule has 0 aromatic heterocycles. The molecule has 0 saturated carbocycles. The molecule has 2 N–H and O–H groups in total. The first-order valence-corrected chi connectivity index (χ1v) is 5.28. The van der Waals surface area contributed by atoms with Gasteiger partial charge in [0.2, 0.25) is 5.79 Å². The molecule has 0 rings (SSSR count). The first-order valence-electron chi connectivity index (χ1n) is 5.28. The van der Waals surface area contributed by atoms with Crippen LogP contribution in [0, 0.1) is 0 Å². The van der Waals surface area contributed by atoms with Crippen LogP contribution in [0.1, 0.15) is 20.3 Å². The summed E-state index contributed by atoms with van der Waals surface area (Å²) in [5, 5.41) is 21.9. The standard InChI is InChI=1S/C10H21NO5/c1-4-9(6-11-15-5-2)16-10(7-12,8-13)14-3/h6,9,12-13H,4-5,7-8H2,1-3H3/b11-6+/t9-/m1/s1. The molecule has 0 spiro atoms. The molecule has 0 heterocycles. The zero-order valence-corrected chi connectivity index (χ0v) is 10.0. The highest BCUT2D eigenvalue weighted by atomic mass is 16.7. The number of ether oxygens (including phenoxy) is 2. The maximum absolute atomic E-state index is 9.11. The molecule has 0 saturated heterocycles. The van der Waals surface area contributed by atoms with Crippen LogP contribution in [0.3, 0.4) is 0 Å². The predicted octanol–water partition coefficient (Wildman–Crippen LogP) is 0.131. The van der Waals surface area contributed by atoms with E-state index in [2.05, 4.69) is 5.16 Å². The fraction of sp³-hybridized carbons (Fsp3) is 0.900. The smallest absolute Gasteiger partial charge is 0.215 e. The quantitative estimate of drug-likeness (QED) is 0.337. The van der Waals surface area contributed by atoms with E-state index >= 15 is 0 Å². The Bertz CT molecular complexity index is 185. The van der Waals surface area contributed by atoms with E-state index in [1.165, 1.54) is 13.3 Å². The van der Waals surface area contributed by atoms with E-state index in [0.29, 0.717) is 13.0 Å². The highest BCUT2D eigenvalue weighted by Gasteiger charge is 2.32. The summed E-state index contributed by atoms with van der Waals surface area (Å²) in [5.74, 6) is -1.39. The lowest BCUT2D eigenvalue weighted by Gasteiger charge is -2.30. The fourth-order valence-electron chi connectivity index (χ4n) is 0.982. The lowest BCUT2D eigenvalue weighted by Crippen LogP contribution is -2.46. The Morgan fingerprint density at radius 3 is 2.31 bits per heavy atom. The third kappa shape index (κ3) is 4.89. The van der Waals surface area contributed by atoms with Crippen LogP contribution in [0.4, 0.5) is 0 Å². The molecule has 0 aromatic rings. The minimum atomic E-state index is -1.39. The average Bonchev–Trinajstić information content (AvgIpc) is 2.34. The van der Waals surface area contributed by atoms with Gasteiger partial charge in [0.25, 0.3) is 0 Å². The van der Waals surface area contributed by atoms with Crippen molar-refractivity contribution in [1.29, 1.82) is 0 Å². The maximum atomic E-state index is 9.11. The largest absolute Gasteiger partial charge is 0.396 e. The van der Waals surface area contributed by atoms with Crippen LogP contribution in [0.5, 0.6) is 0 Å². The van der Waals surface area contributed by atoms with Crippen molar-refractivity contribution in [2.24, 2.45) is 5.16 Å². The second-order valence-electron chi connectivity index (χ2n) is 3.17. The molecule has 6 nitrogen and oxygen atoms in total. The molecule has 0 amide bonds. The number of hydrogen-bond acceptors (Lipinski definition) is 6. The van der Waals surface area contributed by atoms with Crippen LogP contribution in [-0.4, -0.2) is 55.2 Å². The van der Waals surface area contributed by atoms with Crippen LogP contribution in [0.15, 0.2) is 5.16 Å². The summed E-state index contributed by atoms with van der Waals surface area (Å²) in [6.07, 6.45) is 1.72. The van der Waals surface area contributed by atoms with Gasteiger partial charge in [0, 0.05) is 7.11 Å². The van der Waals surface area contributed by atoms with Crippen molar-refractivity contribution >= 4 is 6.21 Å². The number of hydrogen-bond donors (Lipinski definition) is 2. The summed E-state index contributed by atoms with van der Waals surface area (Å²) in [4.78, 5) is 4.80. The van der Waals surface area contributed by atoms with Gasteiger partial charge in [0.1, 0.15) is 6.61 Å². The Kier molecular flexibility index (Phi) is 8.10. The van der Waals surface area contributed by atoms with E-state index in [4.69, 9.17) is 24.5 Å². The molecule has 16 heavy (non-hydrogen) atoms. The number of methoxy groups -OCH3 is 1. The van der Waals surface area contributed by atoms with Gasteiger partial charge in [-0.1, -0.05) is 12.1 Å². The minimum Gasteiger partial charge on any atom is -0.396 e. The number of aliphatic hydroxyl groups excluding tert-OH is 2. The normalized spacial score (nSPS) is 14.3. The molecular weight excluding hydrogens is 214 g/mol. The van der Waals surface area contributed by atoms with Crippen LogP contribution < -0.4 is 0 Å². The van der Waals surface area contributed by atoms with Gasteiger partial charge in [-0.05, 0) is 13.3 Å². The van der Waals surface area contributed by atoms with Crippen molar-refractivity contribution in [2.45, 2.75) is 32.2 Å². The molecule has 0 aliphatic heterocycles. The van der Waals surface area contributed by atoms with E-state index < -0.39 is 19.0 Å². The first kappa shape index (κ1) is 15.3. The van der Waals surface area contributed by atoms with Crippen molar-refractivity contribution in [1.82, 2.24) is 0 Å². The van der Waals surface area contributed by atoms with Crippen LogP contribution in [-0.2, 0) is 14.3 Å². The molecule has 0 aliphatic carbocycles. The lowest BCUT2D eigenvalue weighted by atomic mass is 10.2. The van der Waals surface area contributed by atoms with Gasteiger partial charge in [-0.15, -0.1) is 0 Å². The van der Waals surface area contributed by atoms with Crippen molar-refractivity contribution in [3.05, 3.63) is 0 Å². The number of aliphatic hydroxyl groups is 2. The minimum absolute atomic E-state index is 0.384.